The minimum atomic E-state index is -0.613. The molecule has 0 radical (unpaired) electrons. The number of pyridine rings is 1. The van der Waals surface area contributed by atoms with Crippen LogP contribution in [-0.4, -0.2) is 34.6 Å². The number of aromatic amines is 1. The molecule has 3 heterocycles. The van der Waals surface area contributed by atoms with Gasteiger partial charge in [-0.3, -0.25) is 4.98 Å². The summed E-state index contributed by atoms with van der Waals surface area (Å²) < 4.78 is 42.6. The van der Waals surface area contributed by atoms with Crippen molar-refractivity contribution in [2.75, 3.05) is 24.5 Å². The highest BCUT2D eigenvalue weighted by Crippen LogP contribution is 2.41. The van der Waals surface area contributed by atoms with E-state index in [-0.39, 0.29) is 16.9 Å². The van der Waals surface area contributed by atoms with Gasteiger partial charge < -0.3 is 15.6 Å². The number of aryl methyl sites for hydroxylation is 1. The van der Waals surface area contributed by atoms with Gasteiger partial charge in [0, 0.05) is 37.0 Å². The average Bonchev–Trinajstić information content (AvgIpc) is 3.16. The van der Waals surface area contributed by atoms with Crippen LogP contribution in [0.15, 0.2) is 42.7 Å². The fraction of sp³-hybridized carbons (Fsp3) is 0.217. The van der Waals surface area contributed by atoms with Crippen LogP contribution in [0.25, 0.3) is 33.5 Å². The third-order valence-corrected chi connectivity index (χ3v) is 5.68. The van der Waals surface area contributed by atoms with Crippen molar-refractivity contribution in [1.82, 2.24) is 15.0 Å². The Kier molecular flexibility index (Phi) is 4.66. The van der Waals surface area contributed by atoms with Gasteiger partial charge in [-0.25, -0.2) is 18.2 Å². The van der Waals surface area contributed by atoms with Gasteiger partial charge in [-0.1, -0.05) is 6.07 Å². The molecule has 0 amide bonds. The fourth-order valence-corrected chi connectivity index (χ4v) is 4.13. The summed E-state index contributed by atoms with van der Waals surface area (Å²) >= 11 is 0. The third-order valence-electron chi connectivity index (χ3n) is 5.68. The van der Waals surface area contributed by atoms with Crippen molar-refractivity contribution in [2.24, 2.45) is 11.7 Å². The molecular weight excluding hydrogens is 403 g/mol. The van der Waals surface area contributed by atoms with E-state index < -0.39 is 11.6 Å². The highest BCUT2D eigenvalue weighted by Gasteiger charge is 2.31. The van der Waals surface area contributed by atoms with Crippen LogP contribution in [0.5, 0.6) is 0 Å². The van der Waals surface area contributed by atoms with Crippen LogP contribution >= 0.6 is 0 Å². The van der Waals surface area contributed by atoms with Gasteiger partial charge in [-0.2, -0.15) is 0 Å². The van der Waals surface area contributed by atoms with Gasteiger partial charge in [-0.15, -0.1) is 0 Å². The lowest BCUT2D eigenvalue weighted by Gasteiger charge is -2.42. The van der Waals surface area contributed by atoms with Crippen molar-refractivity contribution < 1.29 is 13.2 Å². The number of nitrogens with one attached hydrogen (secondary N) is 1. The summed E-state index contributed by atoms with van der Waals surface area (Å²) in [5.41, 5.74) is 9.27. The van der Waals surface area contributed by atoms with Gasteiger partial charge in [0.1, 0.15) is 28.5 Å². The molecule has 0 unspecified atom stereocenters. The first-order valence-corrected chi connectivity index (χ1v) is 9.99. The fourth-order valence-electron chi connectivity index (χ4n) is 4.13. The summed E-state index contributed by atoms with van der Waals surface area (Å²) in [6, 6.07) is 6.90. The Labute approximate surface area is 176 Å². The molecule has 3 N–H and O–H groups in total. The zero-order valence-corrected chi connectivity index (χ0v) is 16.8. The maximum atomic E-state index is 14.2. The van der Waals surface area contributed by atoms with E-state index in [9.17, 15) is 13.2 Å². The van der Waals surface area contributed by atoms with Crippen LogP contribution in [0.4, 0.5) is 18.9 Å². The molecule has 5 rings (SSSR count). The summed E-state index contributed by atoms with van der Waals surface area (Å²) in [7, 11) is 0. The Balaban J connectivity index is 1.73. The van der Waals surface area contributed by atoms with Gasteiger partial charge in [0.25, 0.3) is 0 Å². The summed E-state index contributed by atoms with van der Waals surface area (Å²) in [6.07, 6.45) is 3.28. The number of aromatic nitrogens is 3. The Hall–Kier alpha value is -3.39. The maximum absolute atomic E-state index is 14.2. The van der Waals surface area contributed by atoms with Crippen molar-refractivity contribution in [3.05, 3.63) is 65.7 Å². The minimum Gasteiger partial charge on any atom is -0.370 e. The summed E-state index contributed by atoms with van der Waals surface area (Å²) in [4.78, 5) is 13.7. The first-order chi connectivity index (χ1) is 14.9. The molecule has 0 bridgehead atoms. The molecule has 2 aromatic heterocycles. The molecule has 158 valence electrons. The summed E-state index contributed by atoms with van der Waals surface area (Å²) in [5, 5.41) is 0. The predicted octanol–water partition coefficient (Wildman–Crippen LogP) is 4.41. The Morgan fingerprint density at radius 3 is 2.52 bits per heavy atom. The van der Waals surface area contributed by atoms with E-state index >= 15 is 0 Å². The number of nitrogens with zero attached hydrogens (tertiary/aromatic N) is 3. The van der Waals surface area contributed by atoms with E-state index in [4.69, 9.17) is 5.73 Å². The normalized spacial score (nSPS) is 14.3. The van der Waals surface area contributed by atoms with Gasteiger partial charge in [0.2, 0.25) is 0 Å². The second-order valence-corrected chi connectivity index (χ2v) is 7.95. The molecule has 0 atom stereocenters. The van der Waals surface area contributed by atoms with Crippen LogP contribution < -0.4 is 10.6 Å². The molecule has 0 saturated carbocycles. The van der Waals surface area contributed by atoms with Crippen LogP contribution in [0.2, 0.25) is 0 Å². The second-order valence-electron chi connectivity index (χ2n) is 7.95. The maximum Gasteiger partial charge on any atom is 0.151 e. The lowest BCUT2D eigenvalue weighted by Crippen LogP contribution is -2.50. The molecule has 0 spiro atoms. The Morgan fingerprint density at radius 2 is 1.81 bits per heavy atom. The van der Waals surface area contributed by atoms with Crippen LogP contribution in [0, 0.1) is 30.3 Å². The molecule has 1 saturated heterocycles. The van der Waals surface area contributed by atoms with E-state index in [1.54, 1.807) is 12.4 Å². The van der Waals surface area contributed by atoms with Crippen LogP contribution in [0.3, 0.4) is 0 Å². The van der Waals surface area contributed by atoms with E-state index in [0.29, 0.717) is 29.4 Å². The van der Waals surface area contributed by atoms with Crippen LogP contribution in [0.1, 0.15) is 5.56 Å². The Morgan fingerprint density at radius 1 is 1.06 bits per heavy atom. The lowest BCUT2D eigenvalue weighted by molar-refractivity contribution is 0.421. The van der Waals surface area contributed by atoms with Crippen molar-refractivity contribution in [1.29, 1.82) is 0 Å². The number of halogens is 3. The quantitative estimate of drug-likeness (QED) is 0.510. The standard InChI is InChI=1S/C23H20F3N5/c1-12-4-14(6-15(24)5-12)16-8-28-9-17(22(16)31-10-13(7-27)11-31)23-29-20-18(25)2-3-19(26)21(20)30-23/h2-6,8-9,13H,7,10-11,27H2,1H3,(H,29,30). The van der Waals surface area contributed by atoms with Crippen molar-refractivity contribution in [3.8, 4) is 22.5 Å². The van der Waals surface area contributed by atoms with E-state index in [0.717, 1.165) is 42.0 Å². The zero-order valence-electron chi connectivity index (χ0n) is 16.8. The van der Waals surface area contributed by atoms with Gasteiger partial charge >= 0.3 is 0 Å². The van der Waals surface area contributed by atoms with Gasteiger partial charge in [0.05, 0.1) is 11.3 Å². The number of H-pyrrole nitrogens is 1. The minimum absolute atomic E-state index is 0.00334. The molecule has 8 heteroatoms. The molecule has 1 aliphatic rings. The smallest absolute Gasteiger partial charge is 0.151 e. The molecule has 4 aromatic rings. The number of rotatable bonds is 4. The number of imidazole rings is 1. The molecular formula is C23H20F3N5. The first-order valence-electron chi connectivity index (χ1n) is 9.99. The third kappa shape index (κ3) is 3.33. The monoisotopic (exact) mass is 423 g/mol. The van der Waals surface area contributed by atoms with Gasteiger partial charge in [-0.05, 0) is 48.9 Å². The van der Waals surface area contributed by atoms with Crippen molar-refractivity contribution in [2.45, 2.75) is 6.92 Å². The number of nitrogens with two attached hydrogens (primary N) is 1. The van der Waals surface area contributed by atoms with Crippen molar-refractivity contribution in [3.63, 3.8) is 0 Å². The SMILES string of the molecule is Cc1cc(F)cc(-c2cncc(-c3nc4c(F)ccc(F)c4[nH]3)c2N2CC(CN)C2)c1. The molecule has 5 nitrogen and oxygen atoms in total. The number of anilines is 1. The number of fused-ring (bicyclic) bond motifs is 1. The topological polar surface area (TPSA) is 70.8 Å². The lowest BCUT2D eigenvalue weighted by atomic mass is 9.94. The second kappa shape index (κ2) is 7.39. The number of benzene rings is 2. The Bertz CT molecular complexity index is 1230. The van der Waals surface area contributed by atoms with Crippen LogP contribution in [-0.2, 0) is 0 Å². The first kappa shape index (κ1) is 19.6. The van der Waals surface area contributed by atoms with E-state index in [2.05, 4.69) is 19.9 Å². The average molecular weight is 423 g/mol. The number of hydrogen-bond acceptors (Lipinski definition) is 4. The van der Waals surface area contributed by atoms with E-state index in [1.165, 1.54) is 12.1 Å². The predicted molar refractivity (Wildman–Crippen MR) is 114 cm³/mol. The molecule has 1 fully saturated rings. The largest absolute Gasteiger partial charge is 0.370 e. The van der Waals surface area contributed by atoms with Gasteiger partial charge in [0.15, 0.2) is 5.82 Å². The highest BCUT2D eigenvalue weighted by molar-refractivity contribution is 5.91. The molecule has 1 aliphatic heterocycles. The number of hydrogen-bond donors (Lipinski definition) is 2. The van der Waals surface area contributed by atoms with E-state index in [1.807, 2.05) is 13.0 Å². The zero-order chi connectivity index (χ0) is 21.7. The highest BCUT2D eigenvalue weighted by atomic mass is 19.1. The summed E-state index contributed by atoms with van der Waals surface area (Å²) in [5.74, 6) is -0.907. The molecule has 0 aliphatic carbocycles. The molecule has 31 heavy (non-hydrogen) atoms. The van der Waals surface area contributed by atoms with Crippen molar-refractivity contribution >= 4 is 16.7 Å². The summed E-state index contributed by atoms with van der Waals surface area (Å²) in [6.45, 7) is 3.82. The molecule has 2 aromatic carbocycles.